The first-order valence-electron chi connectivity index (χ1n) is 11.5. The van der Waals surface area contributed by atoms with Crippen LogP contribution < -0.4 is 24.0 Å². The molecule has 0 aliphatic rings. The average Bonchev–Trinajstić information content (AvgIpc) is 3.22. The minimum Gasteiger partial charge on any atom is -0.493 e. The van der Waals surface area contributed by atoms with Crippen molar-refractivity contribution in [1.82, 2.24) is 4.57 Å². The summed E-state index contributed by atoms with van der Waals surface area (Å²) in [4.78, 5) is 25.3. The van der Waals surface area contributed by atoms with E-state index in [1.54, 1.807) is 34.9 Å². The molecule has 0 atom stereocenters. The van der Waals surface area contributed by atoms with Crippen molar-refractivity contribution in [2.45, 2.75) is 24.8 Å². The summed E-state index contributed by atoms with van der Waals surface area (Å²) in [6.45, 7) is 3.33. The minimum atomic E-state index is -4.21. The van der Waals surface area contributed by atoms with E-state index in [9.17, 15) is 18.0 Å². The molecule has 0 spiro atoms. The lowest BCUT2D eigenvalue weighted by molar-refractivity contribution is -0.114. The number of anilines is 2. The van der Waals surface area contributed by atoms with E-state index in [0.29, 0.717) is 21.2 Å². The van der Waals surface area contributed by atoms with E-state index in [4.69, 9.17) is 21.1 Å². The number of methoxy groups -OCH3 is 2. The summed E-state index contributed by atoms with van der Waals surface area (Å²) in [6.07, 6.45) is 0. The Bertz CT molecular complexity index is 1650. The van der Waals surface area contributed by atoms with Crippen LogP contribution in [0.3, 0.4) is 0 Å². The van der Waals surface area contributed by atoms with Gasteiger partial charge in [0, 0.05) is 22.8 Å². The standard InChI is InChI=1S/C26H26ClN3O6S2/c1-16(2)30-21-11-7-18(13-24(21)37-26(30)32)28-25(31)15-29(19-8-5-17(27)6-9-19)38(33,34)20-10-12-22(35-3)23(14-20)36-4/h5-14,16H,15H2,1-4H3,(H,28,31). The number of amides is 1. The largest absolute Gasteiger partial charge is 0.493 e. The Labute approximate surface area is 229 Å². The summed E-state index contributed by atoms with van der Waals surface area (Å²) in [7, 11) is -1.35. The molecule has 1 amide bonds. The molecule has 3 aromatic carbocycles. The maximum absolute atomic E-state index is 13.7. The number of aromatic nitrogens is 1. The maximum Gasteiger partial charge on any atom is 0.308 e. The quantitative estimate of drug-likeness (QED) is 0.296. The highest BCUT2D eigenvalue weighted by molar-refractivity contribution is 7.92. The van der Waals surface area contributed by atoms with Gasteiger partial charge < -0.3 is 14.8 Å². The SMILES string of the molecule is COc1ccc(S(=O)(=O)N(CC(=O)Nc2ccc3c(c2)sc(=O)n3C(C)C)c2ccc(Cl)cc2)cc1OC. The summed E-state index contributed by atoms with van der Waals surface area (Å²) in [6, 6.07) is 15.5. The van der Waals surface area contributed by atoms with Gasteiger partial charge >= 0.3 is 4.87 Å². The molecule has 38 heavy (non-hydrogen) atoms. The molecular formula is C26H26ClN3O6S2. The monoisotopic (exact) mass is 575 g/mol. The predicted octanol–water partition coefficient (Wildman–Crippen LogP) is 5.15. The highest BCUT2D eigenvalue weighted by Crippen LogP contribution is 2.32. The van der Waals surface area contributed by atoms with Crippen LogP contribution in [0, 0.1) is 0 Å². The van der Waals surface area contributed by atoms with E-state index in [1.165, 1.54) is 44.6 Å². The molecule has 0 bridgehead atoms. The van der Waals surface area contributed by atoms with E-state index in [2.05, 4.69) is 5.32 Å². The van der Waals surface area contributed by atoms with Gasteiger partial charge in [-0.3, -0.25) is 18.5 Å². The predicted molar refractivity (Wildman–Crippen MR) is 151 cm³/mol. The van der Waals surface area contributed by atoms with Crippen LogP contribution in [0.4, 0.5) is 11.4 Å². The molecule has 9 nitrogen and oxygen atoms in total. The Morgan fingerprint density at radius 1 is 1.03 bits per heavy atom. The van der Waals surface area contributed by atoms with Crippen molar-refractivity contribution in [3.8, 4) is 11.5 Å². The molecule has 200 valence electrons. The van der Waals surface area contributed by atoms with Crippen LogP contribution in [0.2, 0.25) is 5.02 Å². The first-order valence-corrected chi connectivity index (χ1v) is 14.1. The number of halogens is 1. The lowest BCUT2D eigenvalue weighted by Crippen LogP contribution is -2.38. The molecule has 0 saturated heterocycles. The van der Waals surface area contributed by atoms with Gasteiger partial charge in [-0.15, -0.1) is 0 Å². The van der Waals surface area contributed by atoms with Gasteiger partial charge in [0.25, 0.3) is 10.0 Å². The summed E-state index contributed by atoms with van der Waals surface area (Å²) >= 11 is 7.10. The third-order valence-corrected chi connectivity index (χ3v) is 8.70. The number of carbonyl (C=O) groups excluding carboxylic acids is 1. The second-order valence-electron chi connectivity index (χ2n) is 8.57. The second kappa shape index (κ2) is 11.1. The number of nitrogens with zero attached hydrogens (tertiary/aromatic N) is 2. The topological polar surface area (TPSA) is 107 Å². The fraction of sp³-hybridized carbons (Fsp3) is 0.231. The number of ether oxygens (including phenoxy) is 2. The summed E-state index contributed by atoms with van der Waals surface area (Å²) < 4.78 is 41.3. The highest BCUT2D eigenvalue weighted by atomic mass is 35.5. The molecule has 4 rings (SSSR count). The van der Waals surface area contributed by atoms with Gasteiger partial charge in [-0.25, -0.2) is 8.42 Å². The third-order valence-electron chi connectivity index (χ3n) is 5.76. The van der Waals surface area contributed by atoms with Crippen LogP contribution in [0.1, 0.15) is 19.9 Å². The number of benzene rings is 3. The lowest BCUT2D eigenvalue weighted by atomic mass is 10.2. The molecule has 0 saturated carbocycles. The fourth-order valence-corrected chi connectivity index (χ4v) is 6.58. The zero-order valence-electron chi connectivity index (χ0n) is 21.1. The first-order chi connectivity index (χ1) is 18.0. The molecule has 1 aromatic heterocycles. The van der Waals surface area contributed by atoms with Crippen LogP contribution in [0.25, 0.3) is 10.2 Å². The Morgan fingerprint density at radius 3 is 2.34 bits per heavy atom. The molecule has 12 heteroatoms. The molecule has 0 fully saturated rings. The van der Waals surface area contributed by atoms with Gasteiger partial charge in [0.1, 0.15) is 6.54 Å². The van der Waals surface area contributed by atoms with E-state index >= 15 is 0 Å². The number of carbonyl (C=O) groups is 1. The van der Waals surface area contributed by atoms with Gasteiger partial charge in [0.2, 0.25) is 5.91 Å². The van der Waals surface area contributed by atoms with Crippen molar-refractivity contribution in [3.05, 3.63) is 75.4 Å². The molecule has 1 N–H and O–H groups in total. The van der Waals surface area contributed by atoms with Crippen molar-refractivity contribution in [2.24, 2.45) is 0 Å². The van der Waals surface area contributed by atoms with Crippen molar-refractivity contribution < 1.29 is 22.7 Å². The first kappa shape index (κ1) is 27.5. The number of fused-ring (bicyclic) bond motifs is 1. The van der Waals surface area contributed by atoms with Crippen molar-refractivity contribution in [1.29, 1.82) is 0 Å². The van der Waals surface area contributed by atoms with Crippen LogP contribution >= 0.6 is 22.9 Å². The number of sulfonamides is 1. The minimum absolute atomic E-state index is 0.00795. The van der Waals surface area contributed by atoms with Crippen molar-refractivity contribution in [3.63, 3.8) is 0 Å². The zero-order chi connectivity index (χ0) is 27.6. The number of thiazole rings is 1. The Morgan fingerprint density at radius 2 is 1.71 bits per heavy atom. The second-order valence-corrected chi connectivity index (χ2v) is 11.9. The normalized spacial score (nSPS) is 11.5. The number of nitrogens with one attached hydrogen (secondary N) is 1. The summed E-state index contributed by atoms with van der Waals surface area (Å²) in [5, 5.41) is 3.17. The zero-order valence-corrected chi connectivity index (χ0v) is 23.5. The van der Waals surface area contributed by atoms with E-state index in [0.717, 1.165) is 21.2 Å². The van der Waals surface area contributed by atoms with Gasteiger partial charge in [-0.1, -0.05) is 22.9 Å². The molecule has 0 unspecified atom stereocenters. The van der Waals surface area contributed by atoms with Crippen LogP contribution in [0.15, 0.2) is 70.4 Å². The highest BCUT2D eigenvalue weighted by Gasteiger charge is 2.28. The van der Waals surface area contributed by atoms with Crippen molar-refractivity contribution in [2.75, 3.05) is 30.4 Å². The van der Waals surface area contributed by atoms with Gasteiger partial charge in [0.05, 0.1) is 35.0 Å². The molecule has 0 radical (unpaired) electrons. The summed E-state index contributed by atoms with van der Waals surface area (Å²) in [5.41, 5.74) is 1.47. The average molecular weight is 576 g/mol. The van der Waals surface area contributed by atoms with E-state index < -0.39 is 22.5 Å². The van der Waals surface area contributed by atoms with Gasteiger partial charge in [0.15, 0.2) is 11.5 Å². The molecule has 0 aliphatic heterocycles. The van der Waals surface area contributed by atoms with Crippen LogP contribution in [-0.2, 0) is 14.8 Å². The third kappa shape index (κ3) is 5.50. The number of hydrogen-bond donors (Lipinski definition) is 1. The molecular weight excluding hydrogens is 550 g/mol. The van der Waals surface area contributed by atoms with Crippen LogP contribution in [-0.4, -0.2) is 39.7 Å². The van der Waals surface area contributed by atoms with Gasteiger partial charge in [-0.05, 0) is 68.4 Å². The molecule has 1 heterocycles. The van der Waals surface area contributed by atoms with Gasteiger partial charge in [-0.2, -0.15) is 0 Å². The summed E-state index contributed by atoms with van der Waals surface area (Å²) in [5.74, 6) is 0.0277. The number of rotatable bonds is 9. The van der Waals surface area contributed by atoms with Crippen molar-refractivity contribution >= 4 is 60.5 Å². The number of hydrogen-bond acceptors (Lipinski definition) is 7. The lowest BCUT2D eigenvalue weighted by Gasteiger charge is -2.24. The van der Waals surface area contributed by atoms with E-state index in [1.807, 2.05) is 13.8 Å². The Balaban J connectivity index is 1.67. The van der Waals surface area contributed by atoms with Crippen LogP contribution in [0.5, 0.6) is 11.5 Å². The Hall–Kier alpha value is -3.54. The Kier molecular flexibility index (Phi) is 8.00. The fourth-order valence-electron chi connectivity index (χ4n) is 3.96. The van der Waals surface area contributed by atoms with E-state index in [-0.39, 0.29) is 27.2 Å². The molecule has 0 aliphatic carbocycles. The molecule has 4 aromatic rings. The smallest absolute Gasteiger partial charge is 0.308 e. The maximum atomic E-state index is 13.7.